The largest absolute Gasteiger partial charge is 0.416 e. The standard InChI is InChI=1S/C19H26F3N5/c1-12(2)9-27(10-13(3)4)18-16(23)17(24-11-25-18)26-15-7-5-6-14(8-15)19(20,21)22/h5-8,11-13H,9-10,23H2,1-4H3,(H,24,25,26). The lowest BCUT2D eigenvalue weighted by Crippen LogP contribution is -2.32. The Bertz CT molecular complexity index is 749. The summed E-state index contributed by atoms with van der Waals surface area (Å²) >= 11 is 0. The van der Waals surface area contributed by atoms with Gasteiger partial charge >= 0.3 is 6.18 Å². The van der Waals surface area contributed by atoms with Crippen molar-refractivity contribution >= 4 is 23.0 Å². The minimum Gasteiger partial charge on any atom is -0.393 e. The molecular weight excluding hydrogens is 355 g/mol. The minimum absolute atomic E-state index is 0.264. The highest BCUT2D eigenvalue weighted by Crippen LogP contribution is 2.33. The highest BCUT2D eigenvalue weighted by Gasteiger charge is 2.30. The smallest absolute Gasteiger partial charge is 0.393 e. The number of halogens is 3. The zero-order valence-electron chi connectivity index (χ0n) is 16.0. The Hall–Kier alpha value is -2.51. The summed E-state index contributed by atoms with van der Waals surface area (Å²) in [6.07, 6.45) is -3.04. The summed E-state index contributed by atoms with van der Waals surface area (Å²) in [7, 11) is 0. The molecule has 1 aromatic carbocycles. The number of alkyl halides is 3. The van der Waals surface area contributed by atoms with Gasteiger partial charge < -0.3 is 16.0 Å². The van der Waals surface area contributed by atoms with E-state index < -0.39 is 11.7 Å². The normalized spacial score (nSPS) is 11.9. The van der Waals surface area contributed by atoms with Gasteiger partial charge in [0.1, 0.15) is 12.0 Å². The van der Waals surface area contributed by atoms with Crippen LogP contribution in [0.3, 0.4) is 0 Å². The van der Waals surface area contributed by atoms with Gasteiger partial charge in [0.25, 0.3) is 0 Å². The fourth-order valence-electron chi connectivity index (χ4n) is 2.78. The molecule has 0 spiro atoms. The summed E-state index contributed by atoms with van der Waals surface area (Å²) in [6.45, 7) is 9.95. The van der Waals surface area contributed by atoms with Gasteiger partial charge in [-0.25, -0.2) is 9.97 Å². The van der Waals surface area contributed by atoms with Crippen LogP contribution >= 0.6 is 0 Å². The van der Waals surface area contributed by atoms with Gasteiger partial charge in [0.05, 0.1) is 5.56 Å². The second-order valence-electron chi connectivity index (χ2n) is 7.36. The van der Waals surface area contributed by atoms with E-state index in [9.17, 15) is 13.2 Å². The van der Waals surface area contributed by atoms with Gasteiger partial charge in [-0.3, -0.25) is 0 Å². The molecule has 27 heavy (non-hydrogen) atoms. The van der Waals surface area contributed by atoms with E-state index >= 15 is 0 Å². The molecule has 0 bridgehead atoms. The molecule has 3 N–H and O–H groups in total. The summed E-state index contributed by atoms with van der Waals surface area (Å²) in [4.78, 5) is 10.5. The second-order valence-corrected chi connectivity index (χ2v) is 7.36. The van der Waals surface area contributed by atoms with Crippen LogP contribution in [0.15, 0.2) is 30.6 Å². The molecule has 2 rings (SSSR count). The maximum absolute atomic E-state index is 12.9. The number of nitrogens with zero attached hydrogens (tertiary/aromatic N) is 3. The summed E-state index contributed by atoms with van der Waals surface area (Å²) in [5.74, 6) is 1.68. The van der Waals surface area contributed by atoms with Crippen LogP contribution < -0.4 is 16.0 Å². The topological polar surface area (TPSA) is 67.1 Å². The highest BCUT2D eigenvalue weighted by atomic mass is 19.4. The molecule has 2 aromatic rings. The fraction of sp³-hybridized carbons (Fsp3) is 0.474. The van der Waals surface area contributed by atoms with Crippen molar-refractivity contribution in [2.75, 3.05) is 29.0 Å². The van der Waals surface area contributed by atoms with Gasteiger partial charge in [0, 0.05) is 18.8 Å². The van der Waals surface area contributed by atoms with Crippen LogP contribution in [0.4, 0.5) is 36.2 Å². The summed E-state index contributed by atoms with van der Waals surface area (Å²) < 4.78 is 38.7. The van der Waals surface area contributed by atoms with E-state index in [-0.39, 0.29) is 11.5 Å². The Kier molecular flexibility index (Phi) is 6.51. The number of benzene rings is 1. The molecule has 148 valence electrons. The van der Waals surface area contributed by atoms with Gasteiger partial charge in [0.2, 0.25) is 0 Å². The first-order valence-corrected chi connectivity index (χ1v) is 8.87. The Balaban J connectivity index is 2.33. The van der Waals surface area contributed by atoms with Crippen LogP contribution in [-0.2, 0) is 6.18 Å². The maximum atomic E-state index is 12.9. The van der Waals surface area contributed by atoms with Crippen LogP contribution in [0.1, 0.15) is 33.3 Å². The Labute approximate surface area is 157 Å². The molecule has 0 unspecified atom stereocenters. The van der Waals surface area contributed by atoms with Crippen LogP contribution in [0.5, 0.6) is 0 Å². The van der Waals surface area contributed by atoms with Crippen molar-refractivity contribution in [2.45, 2.75) is 33.9 Å². The average Bonchev–Trinajstić information content (AvgIpc) is 2.55. The van der Waals surface area contributed by atoms with Crippen molar-refractivity contribution in [3.05, 3.63) is 36.2 Å². The molecule has 0 aliphatic heterocycles. The molecule has 1 aromatic heterocycles. The lowest BCUT2D eigenvalue weighted by atomic mass is 10.1. The van der Waals surface area contributed by atoms with E-state index in [1.165, 1.54) is 18.5 Å². The first-order chi connectivity index (χ1) is 12.6. The maximum Gasteiger partial charge on any atom is 0.416 e. The number of rotatable bonds is 7. The van der Waals surface area contributed by atoms with Gasteiger partial charge in [0.15, 0.2) is 11.6 Å². The van der Waals surface area contributed by atoms with Gasteiger partial charge in [-0.1, -0.05) is 33.8 Å². The Morgan fingerprint density at radius 1 is 1.07 bits per heavy atom. The average molecular weight is 381 g/mol. The predicted molar refractivity (Wildman–Crippen MR) is 103 cm³/mol. The molecule has 1 heterocycles. The minimum atomic E-state index is -4.41. The van der Waals surface area contributed by atoms with E-state index in [1.807, 2.05) is 0 Å². The van der Waals surface area contributed by atoms with Crippen molar-refractivity contribution in [3.8, 4) is 0 Å². The van der Waals surface area contributed by atoms with E-state index in [2.05, 4.69) is 47.9 Å². The van der Waals surface area contributed by atoms with Gasteiger partial charge in [-0.15, -0.1) is 0 Å². The van der Waals surface area contributed by atoms with E-state index in [0.29, 0.717) is 23.3 Å². The first kappa shape index (κ1) is 20.8. The monoisotopic (exact) mass is 381 g/mol. The molecule has 0 amide bonds. The van der Waals surface area contributed by atoms with E-state index in [4.69, 9.17) is 5.73 Å². The lowest BCUT2D eigenvalue weighted by molar-refractivity contribution is -0.137. The van der Waals surface area contributed by atoms with E-state index in [0.717, 1.165) is 25.2 Å². The van der Waals surface area contributed by atoms with Gasteiger partial charge in [-0.05, 0) is 30.0 Å². The highest BCUT2D eigenvalue weighted by molar-refractivity contribution is 5.78. The molecule has 0 radical (unpaired) electrons. The number of aromatic nitrogens is 2. The van der Waals surface area contributed by atoms with Crippen molar-refractivity contribution in [2.24, 2.45) is 11.8 Å². The SMILES string of the molecule is CC(C)CN(CC(C)C)c1ncnc(Nc2cccc(C(F)(F)F)c2)c1N. The molecule has 0 aliphatic rings. The first-order valence-electron chi connectivity index (χ1n) is 8.87. The molecule has 0 fully saturated rings. The number of anilines is 4. The molecule has 0 atom stereocenters. The number of nitrogens with two attached hydrogens (primary N) is 1. The third-order valence-electron chi connectivity index (χ3n) is 3.79. The molecule has 5 nitrogen and oxygen atoms in total. The summed E-state index contributed by atoms with van der Waals surface area (Å²) in [5, 5.41) is 2.88. The zero-order chi connectivity index (χ0) is 20.2. The third-order valence-corrected chi connectivity index (χ3v) is 3.79. The number of nitrogen functional groups attached to an aromatic ring is 1. The number of nitrogens with one attached hydrogen (secondary N) is 1. The molecule has 8 heteroatoms. The quantitative estimate of drug-likeness (QED) is 0.711. The molecule has 0 saturated carbocycles. The van der Waals surface area contributed by atoms with Crippen molar-refractivity contribution in [1.82, 2.24) is 9.97 Å². The van der Waals surface area contributed by atoms with Gasteiger partial charge in [-0.2, -0.15) is 13.2 Å². The predicted octanol–water partition coefficient (Wildman–Crippen LogP) is 4.94. The van der Waals surface area contributed by atoms with Crippen molar-refractivity contribution < 1.29 is 13.2 Å². The lowest BCUT2D eigenvalue weighted by Gasteiger charge is -2.28. The Morgan fingerprint density at radius 3 is 2.26 bits per heavy atom. The summed E-state index contributed by atoms with van der Waals surface area (Å²) in [6, 6.07) is 4.93. The van der Waals surface area contributed by atoms with Crippen LogP contribution in [0, 0.1) is 11.8 Å². The Morgan fingerprint density at radius 2 is 1.70 bits per heavy atom. The second kappa shape index (κ2) is 8.45. The summed E-state index contributed by atoms with van der Waals surface area (Å²) in [5.41, 5.74) is 6.10. The van der Waals surface area contributed by atoms with Crippen molar-refractivity contribution in [3.63, 3.8) is 0 Å². The zero-order valence-corrected chi connectivity index (χ0v) is 16.0. The van der Waals surface area contributed by atoms with Crippen LogP contribution in [-0.4, -0.2) is 23.1 Å². The van der Waals surface area contributed by atoms with Crippen LogP contribution in [0.25, 0.3) is 0 Å². The number of hydrogen-bond acceptors (Lipinski definition) is 5. The number of hydrogen-bond donors (Lipinski definition) is 2. The van der Waals surface area contributed by atoms with Crippen LogP contribution in [0.2, 0.25) is 0 Å². The molecule has 0 aliphatic carbocycles. The fourth-order valence-corrected chi connectivity index (χ4v) is 2.78. The molecular formula is C19H26F3N5. The van der Waals surface area contributed by atoms with Crippen molar-refractivity contribution in [1.29, 1.82) is 0 Å². The molecule has 0 saturated heterocycles. The third kappa shape index (κ3) is 5.74. The van der Waals surface area contributed by atoms with E-state index in [1.54, 1.807) is 0 Å².